The summed E-state index contributed by atoms with van der Waals surface area (Å²) in [6, 6.07) is 10.1. The van der Waals surface area contributed by atoms with E-state index in [1.54, 1.807) is 7.11 Å². The predicted molar refractivity (Wildman–Crippen MR) is 104 cm³/mol. The van der Waals surface area contributed by atoms with E-state index in [4.69, 9.17) is 10.5 Å². The molecular formula is C21H29N3O. The van der Waals surface area contributed by atoms with Crippen molar-refractivity contribution in [2.24, 2.45) is 5.92 Å². The van der Waals surface area contributed by atoms with Crippen LogP contribution >= 0.6 is 0 Å². The Bertz CT molecular complexity index is 721. The van der Waals surface area contributed by atoms with E-state index in [0.717, 1.165) is 35.9 Å². The minimum absolute atomic E-state index is 0.532. The van der Waals surface area contributed by atoms with Crippen molar-refractivity contribution in [3.63, 3.8) is 0 Å². The van der Waals surface area contributed by atoms with Gasteiger partial charge in [0.05, 0.1) is 12.8 Å². The number of ether oxygens (including phenoxy) is 1. The minimum Gasteiger partial charge on any atom is -0.496 e. The molecule has 3 rings (SSSR count). The van der Waals surface area contributed by atoms with Crippen molar-refractivity contribution in [3.05, 3.63) is 41.5 Å². The standard InChI is InChI=1S/C21H29N3O/c1-4-16-12-18(19-6-5-7-21(22)23-19)20(25-3)13-17(16)14-24-10-8-15(2)9-11-24/h5-7,12-13,15H,4,8-11,14H2,1-3H3,(H2,22,23). The molecule has 2 heterocycles. The summed E-state index contributed by atoms with van der Waals surface area (Å²) < 4.78 is 5.69. The van der Waals surface area contributed by atoms with E-state index >= 15 is 0 Å². The van der Waals surface area contributed by atoms with E-state index < -0.39 is 0 Å². The molecule has 1 aliphatic rings. The Morgan fingerprint density at radius 1 is 1.20 bits per heavy atom. The van der Waals surface area contributed by atoms with Crippen LogP contribution < -0.4 is 10.5 Å². The Hall–Kier alpha value is -2.07. The molecule has 4 heteroatoms. The largest absolute Gasteiger partial charge is 0.496 e. The van der Waals surface area contributed by atoms with Crippen LogP contribution in [0, 0.1) is 5.92 Å². The van der Waals surface area contributed by atoms with Gasteiger partial charge in [0.25, 0.3) is 0 Å². The van der Waals surface area contributed by atoms with Crippen molar-refractivity contribution in [1.29, 1.82) is 0 Å². The molecule has 0 saturated carbocycles. The average Bonchev–Trinajstić information content (AvgIpc) is 2.63. The highest BCUT2D eigenvalue weighted by Crippen LogP contribution is 2.33. The second kappa shape index (κ2) is 7.87. The number of hydrogen-bond acceptors (Lipinski definition) is 4. The maximum Gasteiger partial charge on any atom is 0.128 e. The van der Waals surface area contributed by atoms with Gasteiger partial charge in [-0.1, -0.05) is 19.9 Å². The Balaban J connectivity index is 1.92. The molecule has 0 amide bonds. The van der Waals surface area contributed by atoms with Gasteiger partial charge >= 0.3 is 0 Å². The molecule has 1 fully saturated rings. The molecule has 0 aliphatic carbocycles. The second-order valence-corrected chi connectivity index (χ2v) is 7.08. The van der Waals surface area contributed by atoms with Gasteiger partial charge in [0.2, 0.25) is 0 Å². The zero-order chi connectivity index (χ0) is 17.8. The number of pyridine rings is 1. The van der Waals surface area contributed by atoms with E-state index in [2.05, 4.69) is 35.9 Å². The first-order valence-corrected chi connectivity index (χ1v) is 9.25. The van der Waals surface area contributed by atoms with Crippen LogP contribution in [0.4, 0.5) is 5.82 Å². The molecule has 134 valence electrons. The Labute approximate surface area is 151 Å². The second-order valence-electron chi connectivity index (χ2n) is 7.08. The number of methoxy groups -OCH3 is 1. The van der Waals surface area contributed by atoms with Crippen LogP contribution in [0.2, 0.25) is 0 Å². The third-order valence-corrected chi connectivity index (χ3v) is 5.22. The number of nitrogen functional groups attached to an aromatic ring is 1. The minimum atomic E-state index is 0.532. The lowest BCUT2D eigenvalue weighted by Gasteiger charge is -2.31. The molecule has 1 aliphatic heterocycles. The molecule has 2 aromatic rings. The third-order valence-electron chi connectivity index (χ3n) is 5.22. The van der Waals surface area contributed by atoms with Crippen molar-refractivity contribution in [3.8, 4) is 17.0 Å². The van der Waals surface area contributed by atoms with Crippen LogP contribution in [0.1, 0.15) is 37.8 Å². The van der Waals surface area contributed by atoms with Gasteiger partial charge in [-0.25, -0.2) is 4.98 Å². The molecule has 0 bridgehead atoms. The van der Waals surface area contributed by atoms with Gasteiger partial charge in [0.1, 0.15) is 11.6 Å². The van der Waals surface area contributed by atoms with Crippen molar-refractivity contribution in [2.75, 3.05) is 25.9 Å². The van der Waals surface area contributed by atoms with Gasteiger partial charge in [0, 0.05) is 12.1 Å². The van der Waals surface area contributed by atoms with Gasteiger partial charge in [-0.3, -0.25) is 4.90 Å². The molecule has 1 saturated heterocycles. The van der Waals surface area contributed by atoms with E-state index in [0.29, 0.717) is 5.82 Å². The fourth-order valence-corrected chi connectivity index (χ4v) is 3.57. The number of hydrogen-bond donors (Lipinski definition) is 1. The summed E-state index contributed by atoms with van der Waals surface area (Å²) in [6.07, 6.45) is 3.59. The van der Waals surface area contributed by atoms with Crippen LogP contribution in [0.15, 0.2) is 30.3 Å². The zero-order valence-corrected chi connectivity index (χ0v) is 15.6. The number of nitrogens with two attached hydrogens (primary N) is 1. The highest BCUT2D eigenvalue weighted by molar-refractivity contribution is 5.70. The number of aryl methyl sites for hydroxylation is 1. The van der Waals surface area contributed by atoms with Gasteiger partial charge in [-0.15, -0.1) is 0 Å². The summed E-state index contributed by atoms with van der Waals surface area (Å²) in [7, 11) is 1.73. The van der Waals surface area contributed by atoms with Gasteiger partial charge in [-0.2, -0.15) is 0 Å². The highest BCUT2D eigenvalue weighted by Gasteiger charge is 2.18. The smallest absolute Gasteiger partial charge is 0.128 e. The molecule has 0 atom stereocenters. The van der Waals surface area contributed by atoms with Crippen LogP contribution in [0.25, 0.3) is 11.3 Å². The number of benzene rings is 1. The van der Waals surface area contributed by atoms with Crippen LogP contribution in [-0.4, -0.2) is 30.1 Å². The summed E-state index contributed by atoms with van der Waals surface area (Å²) in [5.74, 6) is 2.26. The number of rotatable bonds is 5. The lowest BCUT2D eigenvalue weighted by Crippen LogP contribution is -2.32. The van der Waals surface area contributed by atoms with Crippen molar-refractivity contribution in [2.45, 2.75) is 39.7 Å². The van der Waals surface area contributed by atoms with Crippen molar-refractivity contribution in [1.82, 2.24) is 9.88 Å². The molecule has 0 unspecified atom stereocenters. The molecule has 0 spiro atoms. The lowest BCUT2D eigenvalue weighted by molar-refractivity contribution is 0.185. The zero-order valence-electron chi connectivity index (χ0n) is 15.6. The first-order chi connectivity index (χ1) is 12.1. The maximum atomic E-state index is 5.86. The molecule has 1 aromatic heterocycles. The fourth-order valence-electron chi connectivity index (χ4n) is 3.57. The lowest BCUT2D eigenvalue weighted by atomic mass is 9.96. The summed E-state index contributed by atoms with van der Waals surface area (Å²) >= 11 is 0. The Morgan fingerprint density at radius 2 is 1.96 bits per heavy atom. The van der Waals surface area contributed by atoms with Crippen molar-refractivity contribution < 1.29 is 4.74 Å². The topological polar surface area (TPSA) is 51.4 Å². The molecule has 2 N–H and O–H groups in total. The molecule has 4 nitrogen and oxygen atoms in total. The quantitative estimate of drug-likeness (QED) is 0.890. The van der Waals surface area contributed by atoms with Crippen LogP contribution in [0.5, 0.6) is 5.75 Å². The predicted octanol–water partition coefficient (Wildman–Crippen LogP) is 4.13. The van der Waals surface area contributed by atoms with Gasteiger partial charge < -0.3 is 10.5 Å². The molecule has 25 heavy (non-hydrogen) atoms. The monoisotopic (exact) mass is 339 g/mol. The number of likely N-dealkylation sites (tertiary alicyclic amines) is 1. The summed E-state index contributed by atoms with van der Waals surface area (Å²) in [5.41, 5.74) is 10.5. The Morgan fingerprint density at radius 3 is 2.60 bits per heavy atom. The average molecular weight is 339 g/mol. The summed E-state index contributed by atoms with van der Waals surface area (Å²) in [4.78, 5) is 7.03. The number of nitrogens with zero attached hydrogens (tertiary/aromatic N) is 2. The van der Waals surface area contributed by atoms with E-state index in [-0.39, 0.29) is 0 Å². The maximum absolute atomic E-state index is 5.86. The van der Waals surface area contributed by atoms with E-state index in [9.17, 15) is 0 Å². The van der Waals surface area contributed by atoms with E-state index in [1.165, 1.54) is 37.1 Å². The van der Waals surface area contributed by atoms with Crippen LogP contribution in [-0.2, 0) is 13.0 Å². The number of piperidine rings is 1. The van der Waals surface area contributed by atoms with Crippen molar-refractivity contribution >= 4 is 5.82 Å². The highest BCUT2D eigenvalue weighted by atomic mass is 16.5. The molecular weight excluding hydrogens is 310 g/mol. The molecule has 1 aromatic carbocycles. The first kappa shape index (κ1) is 17.7. The van der Waals surface area contributed by atoms with E-state index in [1.807, 2.05) is 18.2 Å². The summed E-state index contributed by atoms with van der Waals surface area (Å²) in [5, 5.41) is 0. The number of anilines is 1. The van der Waals surface area contributed by atoms with Gasteiger partial charge in [0.15, 0.2) is 0 Å². The first-order valence-electron chi connectivity index (χ1n) is 9.25. The van der Waals surface area contributed by atoms with Crippen LogP contribution in [0.3, 0.4) is 0 Å². The Kier molecular flexibility index (Phi) is 5.59. The molecule has 0 radical (unpaired) electrons. The third kappa shape index (κ3) is 4.13. The number of aromatic nitrogens is 1. The normalized spacial score (nSPS) is 16.1. The van der Waals surface area contributed by atoms with Gasteiger partial charge in [-0.05, 0) is 73.7 Å². The fraction of sp³-hybridized carbons (Fsp3) is 0.476. The SMILES string of the molecule is CCc1cc(-c2cccc(N)n2)c(OC)cc1CN1CCC(C)CC1. The summed E-state index contributed by atoms with van der Waals surface area (Å²) in [6.45, 7) is 7.93.